The average molecular weight is 365 g/mol. The molecule has 0 saturated carbocycles. The Morgan fingerprint density at radius 1 is 0.920 bits per heavy atom. The van der Waals surface area contributed by atoms with E-state index in [0.717, 1.165) is 52.5 Å². The largest absolute Gasteiger partial charge is 0.490 e. The monoisotopic (exact) mass is 364 g/mol. The quantitative estimate of drug-likeness (QED) is 0.649. The molecule has 5 heteroatoms. The molecular weight excluding hydrogens is 336 g/mol. The first kappa shape index (κ1) is 21.2. The van der Waals surface area contributed by atoms with E-state index in [0.29, 0.717) is 5.88 Å². The summed E-state index contributed by atoms with van der Waals surface area (Å²) in [6.45, 7) is 14.2. The normalized spacial score (nSPS) is 10.6. The molecule has 2 rings (SSSR count). The third kappa shape index (κ3) is 5.08. The molecule has 0 aliphatic carbocycles. The van der Waals surface area contributed by atoms with Crippen LogP contribution in [0.3, 0.4) is 0 Å². The molecule has 0 aliphatic rings. The molecule has 0 saturated heterocycles. The summed E-state index contributed by atoms with van der Waals surface area (Å²) < 4.78 is 12.3. The lowest BCUT2D eigenvalue weighted by molar-refractivity contribution is 0.190. The van der Waals surface area contributed by atoms with Crippen molar-refractivity contribution in [3.05, 3.63) is 40.3 Å². The molecule has 4 nitrogen and oxygen atoms in total. The van der Waals surface area contributed by atoms with Crippen molar-refractivity contribution >= 4 is 12.4 Å². The Kier molecular flexibility index (Phi) is 7.68. The molecule has 0 atom stereocenters. The van der Waals surface area contributed by atoms with Crippen LogP contribution in [0, 0.1) is 34.6 Å². The van der Waals surface area contributed by atoms with Crippen molar-refractivity contribution in [3.63, 3.8) is 0 Å². The molecule has 0 unspecified atom stereocenters. The zero-order chi connectivity index (χ0) is 17.9. The molecule has 0 N–H and O–H groups in total. The molecule has 0 bridgehead atoms. The van der Waals surface area contributed by atoms with E-state index in [9.17, 15) is 0 Å². The van der Waals surface area contributed by atoms with E-state index >= 15 is 0 Å². The molecule has 0 radical (unpaired) electrons. The van der Waals surface area contributed by atoms with Crippen LogP contribution in [0.4, 0.5) is 0 Å². The highest BCUT2D eigenvalue weighted by molar-refractivity contribution is 5.85. The van der Waals surface area contributed by atoms with Crippen molar-refractivity contribution in [1.29, 1.82) is 0 Å². The summed E-state index contributed by atoms with van der Waals surface area (Å²) in [5.41, 5.74) is 4.73. The van der Waals surface area contributed by atoms with E-state index < -0.39 is 0 Å². The van der Waals surface area contributed by atoms with Crippen LogP contribution in [-0.4, -0.2) is 16.1 Å². The van der Waals surface area contributed by atoms with Crippen LogP contribution < -0.4 is 9.47 Å². The summed E-state index contributed by atoms with van der Waals surface area (Å²) in [5.74, 6) is 2.21. The SMILES string of the molecule is CCC(CC)Oc1cc(C)nc(Oc2c(C)cc(C)nc2C)c1C.Cl. The van der Waals surface area contributed by atoms with Gasteiger partial charge in [0.2, 0.25) is 5.88 Å². The van der Waals surface area contributed by atoms with E-state index in [2.05, 4.69) is 23.8 Å². The zero-order valence-electron chi connectivity index (χ0n) is 16.3. The van der Waals surface area contributed by atoms with Gasteiger partial charge < -0.3 is 9.47 Å². The molecule has 0 amide bonds. The lowest BCUT2D eigenvalue weighted by atomic mass is 10.2. The number of pyridine rings is 2. The summed E-state index contributed by atoms with van der Waals surface area (Å²) >= 11 is 0. The Morgan fingerprint density at radius 3 is 2.08 bits per heavy atom. The minimum Gasteiger partial charge on any atom is -0.490 e. The standard InChI is InChI=1S/C20H28N2O2.ClH/c1-8-17(9-2)23-18-11-14(5)22-20(15(18)6)24-19-12(3)10-13(4)21-16(19)7;/h10-11,17H,8-9H2,1-7H3;1H. The van der Waals surface area contributed by atoms with Crippen molar-refractivity contribution in [3.8, 4) is 17.4 Å². The highest BCUT2D eigenvalue weighted by atomic mass is 35.5. The summed E-state index contributed by atoms with van der Waals surface area (Å²) in [6.07, 6.45) is 2.17. The minimum atomic E-state index is 0. The van der Waals surface area contributed by atoms with Crippen LogP contribution in [0.5, 0.6) is 17.4 Å². The van der Waals surface area contributed by atoms with Gasteiger partial charge in [-0.1, -0.05) is 13.8 Å². The van der Waals surface area contributed by atoms with Gasteiger partial charge in [-0.25, -0.2) is 4.98 Å². The summed E-state index contributed by atoms with van der Waals surface area (Å²) in [5, 5.41) is 0. The Hall–Kier alpha value is -1.81. The first-order chi connectivity index (χ1) is 11.3. The Morgan fingerprint density at radius 2 is 1.52 bits per heavy atom. The van der Waals surface area contributed by atoms with Crippen molar-refractivity contribution in [1.82, 2.24) is 9.97 Å². The number of hydrogen-bond donors (Lipinski definition) is 0. The molecule has 138 valence electrons. The van der Waals surface area contributed by atoms with Gasteiger partial charge in [-0.05, 0) is 59.1 Å². The van der Waals surface area contributed by atoms with Crippen LogP contribution in [0.15, 0.2) is 12.1 Å². The van der Waals surface area contributed by atoms with Gasteiger partial charge in [-0.3, -0.25) is 4.98 Å². The summed E-state index contributed by atoms with van der Waals surface area (Å²) in [7, 11) is 0. The van der Waals surface area contributed by atoms with Crippen LogP contribution in [0.2, 0.25) is 0 Å². The molecule has 2 heterocycles. The number of aromatic nitrogens is 2. The number of ether oxygens (including phenoxy) is 2. The second-order valence-electron chi connectivity index (χ2n) is 6.35. The molecule has 0 aromatic carbocycles. The third-order valence-electron chi connectivity index (χ3n) is 4.17. The average Bonchev–Trinajstić information content (AvgIpc) is 2.52. The summed E-state index contributed by atoms with van der Waals surface area (Å²) in [4.78, 5) is 9.06. The smallest absolute Gasteiger partial charge is 0.226 e. The lowest BCUT2D eigenvalue weighted by Crippen LogP contribution is -2.15. The van der Waals surface area contributed by atoms with E-state index in [1.165, 1.54) is 0 Å². The van der Waals surface area contributed by atoms with Crippen molar-refractivity contribution in [2.45, 2.75) is 67.4 Å². The van der Waals surface area contributed by atoms with E-state index in [1.807, 2.05) is 46.8 Å². The molecular formula is C20H29ClN2O2. The van der Waals surface area contributed by atoms with Gasteiger partial charge in [0, 0.05) is 17.5 Å². The van der Waals surface area contributed by atoms with Gasteiger partial charge in [-0.2, -0.15) is 0 Å². The fraction of sp³-hybridized carbons (Fsp3) is 0.500. The van der Waals surface area contributed by atoms with Gasteiger partial charge in [0.05, 0.1) is 17.4 Å². The van der Waals surface area contributed by atoms with Gasteiger partial charge in [0.25, 0.3) is 0 Å². The minimum absolute atomic E-state index is 0. The van der Waals surface area contributed by atoms with E-state index in [-0.39, 0.29) is 18.5 Å². The Labute approximate surface area is 157 Å². The van der Waals surface area contributed by atoms with Crippen molar-refractivity contribution in [2.24, 2.45) is 0 Å². The van der Waals surface area contributed by atoms with Crippen LogP contribution in [0.25, 0.3) is 0 Å². The fourth-order valence-corrected chi connectivity index (χ4v) is 2.80. The number of hydrogen-bond acceptors (Lipinski definition) is 4. The number of aryl methyl sites for hydroxylation is 4. The van der Waals surface area contributed by atoms with Crippen LogP contribution >= 0.6 is 12.4 Å². The predicted molar refractivity (Wildman–Crippen MR) is 104 cm³/mol. The maximum Gasteiger partial charge on any atom is 0.226 e. The van der Waals surface area contributed by atoms with Crippen molar-refractivity contribution in [2.75, 3.05) is 0 Å². The third-order valence-corrected chi connectivity index (χ3v) is 4.17. The van der Waals surface area contributed by atoms with Crippen LogP contribution in [0.1, 0.15) is 54.9 Å². The number of rotatable bonds is 6. The Bertz CT molecular complexity index is 705. The molecule has 0 aliphatic heterocycles. The second kappa shape index (κ2) is 9.04. The zero-order valence-corrected chi connectivity index (χ0v) is 17.1. The topological polar surface area (TPSA) is 44.2 Å². The Balaban J connectivity index is 0.00000312. The molecule has 2 aromatic heterocycles. The first-order valence-electron chi connectivity index (χ1n) is 8.63. The lowest BCUT2D eigenvalue weighted by Gasteiger charge is -2.20. The summed E-state index contributed by atoms with van der Waals surface area (Å²) in [6, 6.07) is 4.00. The van der Waals surface area contributed by atoms with Gasteiger partial charge in [0.1, 0.15) is 5.75 Å². The van der Waals surface area contributed by atoms with Gasteiger partial charge in [-0.15, -0.1) is 12.4 Å². The molecule has 0 fully saturated rings. The first-order valence-corrected chi connectivity index (χ1v) is 8.63. The molecule has 25 heavy (non-hydrogen) atoms. The maximum atomic E-state index is 6.15. The second-order valence-corrected chi connectivity index (χ2v) is 6.35. The predicted octanol–water partition coefficient (Wildman–Crippen LogP) is 5.80. The number of halogens is 1. The maximum absolute atomic E-state index is 6.15. The molecule has 2 aromatic rings. The van der Waals surface area contributed by atoms with E-state index in [1.54, 1.807) is 0 Å². The van der Waals surface area contributed by atoms with E-state index in [4.69, 9.17) is 9.47 Å². The highest BCUT2D eigenvalue weighted by Gasteiger charge is 2.16. The highest BCUT2D eigenvalue weighted by Crippen LogP contribution is 2.34. The fourth-order valence-electron chi connectivity index (χ4n) is 2.80. The van der Waals surface area contributed by atoms with Gasteiger partial charge in [0.15, 0.2) is 5.75 Å². The number of nitrogens with zero attached hydrogens (tertiary/aromatic N) is 2. The molecule has 0 spiro atoms. The van der Waals surface area contributed by atoms with Gasteiger partial charge >= 0.3 is 0 Å². The van der Waals surface area contributed by atoms with Crippen LogP contribution in [-0.2, 0) is 0 Å². The van der Waals surface area contributed by atoms with Crippen molar-refractivity contribution < 1.29 is 9.47 Å².